The number of sulfonamides is 1. The number of ether oxygens (including phenoxy) is 1. The van der Waals surface area contributed by atoms with Gasteiger partial charge in [0.25, 0.3) is 10.0 Å². The van der Waals surface area contributed by atoms with Crippen LogP contribution in [0.3, 0.4) is 0 Å². The number of aromatic nitrogens is 1. The third-order valence-corrected chi connectivity index (χ3v) is 5.33. The number of hydrogen-bond acceptors (Lipinski definition) is 5. The van der Waals surface area contributed by atoms with E-state index in [1.54, 1.807) is 43.5 Å². The third kappa shape index (κ3) is 3.85. The lowest BCUT2D eigenvalue weighted by Gasteiger charge is -2.13. The number of hydrogen-bond donors (Lipinski definition) is 1. The van der Waals surface area contributed by atoms with Gasteiger partial charge in [-0.3, -0.25) is 4.72 Å². The SMILES string of the molecule is COc1ccc(-c2cnc(C)o2)cc1S(=O)(=O)Nc1cccc(Br)c1. The summed E-state index contributed by atoms with van der Waals surface area (Å²) in [6, 6.07) is 11.7. The standard InChI is InChI=1S/C17H15BrN2O4S/c1-11-19-10-16(24-11)12-6-7-15(23-2)17(8-12)25(21,22)20-14-5-3-4-13(18)9-14/h3-10,20H,1-2H3. The molecule has 0 fully saturated rings. The van der Waals surface area contributed by atoms with Crippen LogP contribution in [0.4, 0.5) is 5.69 Å². The number of rotatable bonds is 5. The number of nitrogens with zero attached hydrogens (tertiary/aromatic N) is 1. The zero-order chi connectivity index (χ0) is 18.0. The molecule has 0 unspecified atom stereocenters. The predicted molar refractivity (Wildman–Crippen MR) is 98.2 cm³/mol. The van der Waals surface area contributed by atoms with Crippen LogP contribution in [0.2, 0.25) is 0 Å². The van der Waals surface area contributed by atoms with Crippen molar-refractivity contribution in [3.63, 3.8) is 0 Å². The molecule has 1 N–H and O–H groups in total. The summed E-state index contributed by atoms with van der Waals surface area (Å²) in [5.41, 5.74) is 1.04. The molecule has 0 spiro atoms. The summed E-state index contributed by atoms with van der Waals surface area (Å²) in [5, 5.41) is 0. The highest BCUT2D eigenvalue weighted by Gasteiger charge is 2.21. The quantitative estimate of drug-likeness (QED) is 0.665. The highest BCUT2D eigenvalue weighted by molar-refractivity contribution is 9.10. The normalized spacial score (nSPS) is 11.3. The van der Waals surface area contributed by atoms with Gasteiger partial charge in [-0.25, -0.2) is 13.4 Å². The van der Waals surface area contributed by atoms with Crippen LogP contribution in [-0.2, 0) is 10.0 Å². The number of oxazole rings is 1. The summed E-state index contributed by atoms with van der Waals surface area (Å²) in [6.45, 7) is 1.72. The highest BCUT2D eigenvalue weighted by atomic mass is 79.9. The maximum absolute atomic E-state index is 12.8. The average Bonchev–Trinajstić information content (AvgIpc) is 3.00. The Balaban J connectivity index is 2.04. The molecule has 0 aliphatic heterocycles. The van der Waals surface area contributed by atoms with Gasteiger partial charge in [0.2, 0.25) is 0 Å². The summed E-state index contributed by atoms with van der Waals surface area (Å²) >= 11 is 3.32. The van der Waals surface area contributed by atoms with Crippen LogP contribution < -0.4 is 9.46 Å². The molecule has 1 aromatic heterocycles. The molecule has 0 bridgehead atoms. The first kappa shape index (κ1) is 17.5. The summed E-state index contributed by atoms with van der Waals surface area (Å²) < 4.78 is 39.7. The molecule has 8 heteroatoms. The first-order valence-electron chi connectivity index (χ1n) is 7.28. The van der Waals surface area contributed by atoms with Gasteiger partial charge in [0.15, 0.2) is 11.7 Å². The van der Waals surface area contributed by atoms with E-state index >= 15 is 0 Å². The maximum Gasteiger partial charge on any atom is 0.265 e. The van der Waals surface area contributed by atoms with Crippen LogP contribution >= 0.6 is 15.9 Å². The Hall–Kier alpha value is -2.32. The topological polar surface area (TPSA) is 81.4 Å². The molecule has 25 heavy (non-hydrogen) atoms. The Bertz CT molecular complexity index is 1010. The molecule has 3 aromatic rings. The van der Waals surface area contributed by atoms with Gasteiger partial charge in [-0.15, -0.1) is 0 Å². The highest BCUT2D eigenvalue weighted by Crippen LogP contribution is 2.31. The minimum Gasteiger partial charge on any atom is -0.495 e. The van der Waals surface area contributed by atoms with Crippen LogP contribution in [0.25, 0.3) is 11.3 Å². The summed E-state index contributed by atoms with van der Waals surface area (Å²) in [6.07, 6.45) is 1.55. The van der Waals surface area contributed by atoms with Gasteiger partial charge in [-0.2, -0.15) is 0 Å². The first-order chi connectivity index (χ1) is 11.9. The van der Waals surface area contributed by atoms with E-state index in [9.17, 15) is 8.42 Å². The van der Waals surface area contributed by atoms with Gasteiger partial charge < -0.3 is 9.15 Å². The molecule has 0 saturated carbocycles. The van der Waals surface area contributed by atoms with Gasteiger partial charge in [-0.05, 0) is 36.4 Å². The van der Waals surface area contributed by atoms with Crippen molar-refractivity contribution in [2.24, 2.45) is 0 Å². The van der Waals surface area contributed by atoms with Gasteiger partial charge in [0.1, 0.15) is 10.6 Å². The number of benzene rings is 2. The van der Waals surface area contributed by atoms with Crippen LogP contribution in [-0.4, -0.2) is 20.5 Å². The number of methoxy groups -OCH3 is 1. The monoisotopic (exact) mass is 422 g/mol. The Morgan fingerprint density at radius 3 is 2.64 bits per heavy atom. The Labute approximate surface area is 154 Å². The predicted octanol–water partition coefficient (Wildman–Crippen LogP) is 4.22. The second-order valence-corrected chi connectivity index (χ2v) is 7.79. The van der Waals surface area contributed by atoms with E-state index in [0.29, 0.717) is 22.9 Å². The van der Waals surface area contributed by atoms with Crippen molar-refractivity contribution in [2.75, 3.05) is 11.8 Å². The number of halogens is 1. The minimum absolute atomic E-state index is 0.0153. The Kier molecular flexibility index (Phi) is 4.82. The van der Waals surface area contributed by atoms with Gasteiger partial charge in [0.05, 0.1) is 13.3 Å². The van der Waals surface area contributed by atoms with E-state index in [1.807, 2.05) is 6.07 Å². The zero-order valence-electron chi connectivity index (χ0n) is 13.5. The lowest BCUT2D eigenvalue weighted by atomic mass is 10.2. The smallest absolute Gasteiger partial charge is 0.265 e. The van der Waals surface area contributed by atoms with Gasteiger partial charge in [-0.1, -0.05) is 22.0 Å². The van der Waals surface area contributed by atoms with Crippen molar-refractivity contribution in [3.8, 4) is 17.1 Å². The second kappa shape index (κ2) is 6.89. The van der Waals surface area contributed by atoms with E-state index in [-0.39, 0.29) is 10.6 Å². The molecule has 0 aliphatic carbocycles. The Morgan fingerprint density at radius 1 is 1.20 bits per heavy atom. The Morgan fingerprint density at radius 2 is 2.00 bits per heavy atom. The van der Waals surface area contributed by atoms with Crippen LogP contribution in [0.15, 0.2) is 62.4 Å². The van der Waals surface area contributed by atoms with E-state index in [2.05, 4.69) is 25.6 Å². The fourth-order valence-electron chi connectivity index (χ4n) is 2.30. The van der Waals surface area contributed by atoms with E-state index in [0.717, 1.165) is 4.47 Å². The van der Waals surface area contributed by atoms with Gasteiger partial charge >= 0.3 is 0 Å². The molecule has 130 valence electrons. The molecule has 1 heterocycles. The molecule has 0 amide bonds. The van der Waals surface area contributed by atoms with Crippen molar-refractivity contribution in [1.82, 2.24) is 4.98 Å². The molecule has 2 aromatic carbocycles. The fourth-order valence-corrected chi connectivity index (χ4v) is 3.94. The number of anilines is 1. The van der Waals surface area contributed by atoms with E-state index in [1.165, 1.54) is 13.2 Å². The van der Waals surface area contributed by atoms with Crippen LogP contribution in [0.5, 0.6) is 5.75 Å². The minimum atomic E-state index is -3.85. The second-order valence-electron chi connectivity index (χ2n) is 5.23. The van der Waals surface area contributed by atoms with E-state index in [4.69, 9.17) is 9.15 Å². The summed E-state index contributed by atoms with van der Waals surface area (Å²) in [4.78, 5) is 4.05. The number of aryl methyl sites for hydroxylation is 1. The molecule has 0 aliphatic rings. The molecular weight excluding hydrogens is 408 g/mol. The number of nitrogens with one attached hydrogen (secondary N) is 1. The van der Waals surface area contributed by atoms with Crippen molar-refractivity contribution >= 4 is 31.6 Å². The molecule has 0 atom stereocenters. The van der Waals surface area contributed by atoms with Crippen molar-refractivity contribution in [3.05, 3.63) is 59.0 Å². The first-order valence-corrected chi connectivity index (χ1v) is 9.56. The largest absolute Gasteiger partial charge is 0.495 e. The summed E-state index contributed by atoms with van der Waals surface area (Å²) in [5.74, 6) is 1.23. The van der Waals surface area contributed by atoms with E-state index < -0.39 is 10.0 Å². The molecule has 0 saturated heterocycles. The van der Waals surface area contributed by atoms with Crippen LogP contribution in [0.1, 0.15) is 5.89 Å². The van der Waals surface area contributed by atoms with Crippen molar-refractivity contribution < 1.29 is 17.6 Å². The molecule has 0 radical (unpaired) electrons. The summed E-state index contributed by atoms with van der Waals surface area (Å²) in [7, 11) is -2.43. The van der Waals surface area contributed by atoms with Crippen molar-refractivity contribution in [1.29, 1.82) is 0 Å². The fraction of sp³-hybridized carbons (Fsp3) is 0.118. The lowest BCUT2D eigenvalue weighted by molar-refractivity contribution is 0.403. The molecule has 3 rings (SSSR count). The molecular formula is C17H15BrN2O4S. The van der Waals surface area contributed by atoms with Gasteiger partial charge in [0, 0.05) is 22.6 Å². The third-order valence-electron chi connectivity index (χ3n) is 3.44. The zero-order valence-corrected chi connectivity index (χ0v) is 15.9. The van der Waals surface area contributed by atoms with Crippen LogP contribution in [0, 0.1) is 6.92 Å². The molecule has 6 nitrogen and oxygen atoms in total. The average molecular weight is 423 g/mol. The lowest BCUT2D eigenvalue weighted by Crippen LogP contribution is -2.14. The van der Waals surface area contributed by atoms with Crippen molar-refractivity contribution in [2.45, 2.75) is 11.8 Å². The maximum atomic E-state index is 12.8.